The van der Waals surface area contributed by atoms with Gasteiger partial charge in [-0.2, -0.15) is 0 Å². The standard InChI is InChI=1S/C10H9N5S/c1-15-5-12-7-8(11)13-9(14-10(7)15)6-3-2-4-16-6/h2-5H,1H3,(H2,11,13,14). The molecule has 0 aliphatic rings. The molecule has 80 valence electrons. The predicted octanol–water partition coefficient (Wildman–Crippen LogP) is 1.67. The van der Waals surface area contributed by atoms with Gasteiger partial charge < -0.3 is 10.3 Å². The molecule has 0 bridgehead atoms. The normalized spacial score (nSPS) is 11.1. The summed E-state index contributed by atoms with van der Waals surface area (Å²) in [6, 6.07) is 3.94. The molecule has 3 aromatic rings. The lowest BCUT2D eigenvalue weighted by Crippen LogP contribution is -1.98. The lowest BCUT2D eigenvalue weighted by atomic mass is 10.4. The second-order valence-corrected chi connectivity index (χ2v) is 4.39. The first kappa shape index (κ1) is 9.29. The monoisotopic (exact) mass is 231 g/mol. The van der Waals surface area contributed by atoms with Crippen LogP contribution in [0.5, 0.6) is 0 Å². The van der Waals surface area contributed by atoms with Crippen LogP contribution in [0.2, 0.25) is 0 Å². The van der Waals surface area contributed by atoms with Gasteiger partial charge in [0.1, 0.15) is 5.52 Å². The van der Waals surface area contributed by atoms with Crippen LogP contribution in [-0.2, 0) is 7.05 Å². The van der Waals surface area contributed by atoms with Crippen LogP contribution in [0.25, 0.3) is 21.9 Å². The van der Waals surface area contributed by atoms with Crippen molar-refractivity contribution in [3.05, 3.63) is 23.8 Å². The highest BCUT2D eigenvalue weighted by Crippen LogP contribution is 2.24. The average molecular weight is 231 g/mol. The number of nitrogens with zero attached hydrogens (tertiary/aromatic N) is 4. The summed E-state index contributed by atoms with van der Waals surface area (Å²) in [5.41, 5.74) is 7.27. The lowest BCUT2D eigenvalue weighted by molar-refractivity contribution is 0.929. The third kappa shape index (κ3) is 1.27. The molecular formula is C10H9N5S. The molecule has 0 unspecified atom stereocenters. The van der Waals surface area contributed by atoms with E-state index in [1.54, 1.807) is 17.7 Å². The molecule has 0 saturated carbocycles. The number of anilines is 1. The van der Waals surface area contributed by atoms with Crippen molar-refractivity contribution in [2.24, 2.45) is 7.05 Å². The van der Waals surface area contributed by atoms with Gasteiger partial charge in [-0.1, -0.05) is 6.07 Å². The van der Waals surface area contributed by atoms with Gasteiger partial charge in [-0.25, -0.2) is 15.0 Å². The van der Waals surface area contributed by atoms with Crippen LogP contribution in [0.3, 0.4) is 0 Å². The molecule has 0 aliphatic heterocycles. The number of aryl methyl sites for hydroxylation is 1. The minimum absolute atomic E-state index is 0.425. The smallest absolute Gasteiger partial charge is 0.173 e. The van der Waals surface area contributed by atoms with E-state index < -0.39 is 0 Å². The number of hydrogen-bond donors (Lipinski definition) is 1. The number of thiophene rings is 1. The summed E-state index contributed by atoms with van der Waals surface area (Å²) in [6.07, 6.45) is 1.69. The molecular weight excluding hydrogens is 222 g/mol. The summed E-state index contributed by atoms with van der Waals surface area (Å²) < 4.78 is 1.84. The van der Waals surface area contributed by atoms with Crippen LogP contribution in [0.1, 0.15) is 0 Å². The summed E-state index contributed by atoms with van der Waals surface area (Å²) >= 11 is 1.59. The average Bonchev–Trinajstić information content (AvgIpc) is 2.88. The highest BCUT2D eigenvalue weighted by molar-refractivity contribution is 7.13. The van der Waals surface area contributed by atoms with Gasteiger partial charge in [-0.15, -0.1) is 11.3 Å². The van der Waals surface area contributed by atoms with E-state index in [4.69, 9.17) is 5.73 Å². The Bertz CT molecular complexity index is 641. The van der Waals surface area contributed by atoms with Gasteiger partial charge in [0.05, 0.1) is 11.2 Å². The Balaban J connectivity index is 2.32. The number of rotatable bonds is 1. The summed E-state index contributed by atoms with van der Waals surface area (Å²) in [6.45, 7) is 0. The van der Waals surface area contributed by atoms with E-state index in [1.165, 1.54) is 0 Å². The Morgan fingerprint density at radius 2 is 2.25 bits per heavy atom. The first-order chi connectivity index (χ1) is 7.75. The molecule has 2 N–H and O–H groups in total. The fraction of sp³-hybridized carbons (Fsp3) is 0.100. The van der Waals surface area contributed by atoms with Crippen molar-refractivity contribution in [2.45, 2.75) is 0 Å². The summed E-state index contributed by atoms with van der Waals surface area (Å²) in [5, 5.41) is 1.99. The molecule has 0 saturated heterocycles. The van der Waals surface area contributed by atoms with Crippen LogP contribution < -0.4 is 5.73 Å². The number of hydrogen-bond acceptors (Lipinski definition) is 5. The first-order valence-electron chi connectivity index (χ1n) is 4.74. The molecule has 5 nitrogen and oxygen atoms in total. The summed E-state index contributed by atoms with van der Waals surface area (Å²) in [4.78, 5) is 13.9. The SMILES string of the molecule is Cn1cnc2c(N)nc(-c3cccs3)nc21. The van der Waals surface area contributed by atoms with Gasteiger partial charge in [-0.3, -0.25) is 0 Å². The number of nitrogen functional groups attached to an aromatic ring is 1. The van der Waals surface area contributed by atoms with E-state index in [0.29, 0.717) is 17.2 Å². The van der Waals surface area contributed by atoms with Crippen LogP contribution in [-0.4, -0.2) is 19.5 Å². The minimum Gasteiger partial charge on any atom is -0.382 e. The predicted molar refractivity (Wildman–Crippen MR) is 64.0 cm³/mol. The summed E-state index contributed by atoms with van der Waals surface area (Å²) in [7, 11) is 1.89. The molecule has 3 rings (SSSR count). The molecule has 0 aliphatic carbocycles. The zero-order chi connectivity index (χ0) is 11.1. The maximum Gasteiger partial charge on any atom is 0.173 e. The highest BCUT2D eigenvalue weighted by atomic mass is 32.1. The molecule has 0 spiro atoms. The topological polar surface area (TPSA) is 69.6 Å². The van der Waals surface area contributed by atoms with Crippen molar-refractivity contribution < 1.29 is 0 Å². The van der Waals surface area contributed by atoms with Gasteiger partial charge in [0.25, 0.3) is 0 Å². The second-order valence-electron chi connectivity index (χ2n) is 3.44. The van der Waals surface area contributed by atoms with Gasteiger partial charge in [0.2, 0.25) is 0 Å². The summed E-state index contributed by atoms with van der Waals surface area (Å²) in [5.74, 6) is 1.08. The molecule has 3 heterocycles. The van der Waals surface area contributed by atoms with Crippen molar-refractivity contribution >= 4 is 28.3 Å². The minimum atomic E-state index is 0.425. The molecule has 0 radical (unpaired) electrons. The number of fused-ring (bicyclic) bond motifs is 1. The molecule has 0 aromatic carbocycles. The third-order valence-electron chi connectivity index (χ3n) is 2.33. The highest BCUT2D eigenvalue weighted by Gasteiger charge is 2.11. The maximum absolute atomic E-state index is 5.85. The number of aromatic nitrogens is 4. The van der Waals surface area contributed by atoms with Crippen molar-refractivity contribution in [1.29, 1.82) is 0 Å². The Morgan fingerprint density at radius 1 is 1.38 bits per heavy atom. The van der Waals surface area contributed by atoms with Crippen molar-refractivity contribution in [2.75, 3.05) is 5.73 Å². The fourth-order valence-electron chi connectivity index (χ4n) is 1.54. The van der Waals surface area contributed by atoms with E-state index in [0.717, 1.165) is 10.5 Å². The van der Waals surface area contributed by atoms with E-state index in [9.17, 15) is 0 Å². The van der Waals surface area contributed by atoms with Crippen LogP contribution >= 0.6 is 11.3 Å². The molecule has 0 amide bonds. The maximum atomic E-state index is 5.85. The Kier molecular flexibility index (Phi) is 1.90. The molecule has 3 aromatic heterocycles. The van der Waals surface area contributed by atoms with E-state index >= 15 is 0 Å². The van der Waals surface area contributed by atoms with Crippen LogP contribution in [0, 0.1) is 0 Å². The zero-order valence-corrected chi connectivity index (χ0v) is 9.40. The quantitative estimate of drug-likeness (QED) is 0.691. The number of imidazole rings is 1. The second kappa shape index (κ2) is 3.28. The molecule has 16 heavy (non-hydrogen) atoms. The molecule has 0 fully saturated rings. The van der Waals surface area contributed by atoms with Gasteiger partial charge in [-0.05, 0) is 11.4 Å². The van der Waals surface area contributed by atoms with Crippen LogP contribution in [0.15, 0.2) is 23.8 Å². The zero-order valence-electron chi connectivity index (χ0n) is 8.58. The fourth-order valence-corrected chi connectivity index (χ4v) is 2.20. The van der Waals surface area contributed by atoms with Crippen molar-refractivity contribution in [3.8, 4) is 10.7 Å². The van der Waals surface area contributed by atoms with Crippen molar-refractivity contribution in [3.63, 3.8) is 0 Å². The van der Waals surface area contributed by atoms with Crippen molar-refractivity contribution in [1.82, 2.24) is 19.5 Å². The Morgan fingerprint density at radius 3 is 3.00 bits per heavy atom. The lowest BCUT2D eigenvalue weighted by Gasteiger charge is -2.00. The first-order valence-corrected chi connectivity index (χ1v) is 5.62. The van der Waals surface area contributed by atoms with Gasteiger partial charge in [0.15, 0.2) is 17.3 Å². The molecule has 0 atom stereocenters. The van der Waals surface area contributed by atoms with Gasteiger partial charge >= 0.3 is 0 Å². The Labute approximate surface area is 95.6 Å². The third-order valence-corrected chi connectivity index (χ3v) is 3.19. The van der Waals surface area contributed by atoms with E-state index in [-0.39, 0.29) is 0 Å². The van der Waals surface area contributed by atoms with E-state index in [1.807, 2.05) is 29.1 Å². The van der Waals surface area contributed by atoms with Crippen LogP contribution in [0.4, 0.5) is 5.82 Å². The largest absolute Gasteiger partial charge is 0.382 e. The van der Waals surface area contributed by atoms with Gasteiger partial charge in [0, 0.05) is 7.05 Å². The molecule has 6 heteroatoms. The van der Waals surface area contributed by atoms with E-state index in [2.05, 4.69) is 15.0 Å². The number of nitrogens with two attached hydrogens (primary N) is 1. The Hall–Kier alpha value is -1.95.